The zero-order chi connectivity index (χ0) is 45.8. The van der Waals surface area contributed by atoms with E-state index in [1.165, 1.54) is 103 Å². The first-order valence-electron chi connectivity index (χ1n) is 26.1. The van der Waals surface area contributed by atoms with Crippen LogP contribution in [0.4, 0.5) is 0 Å². The van der Waals surface area contributed by atoms with Gasteiger partial charge < -0.3 is 14.2 Å². The van der Waals surface area contributed by atoms with Crippen LogP contribution in [0.3, 0.4) is 0 Å². The molecule has 0 aliphatic rings. The van der Waals surface area contributed by atoms with Crippen molar-refractivity contribution in [1.82, 2.24) is 0 Å². The van der Waals surface area contributed by atoms with Crippen molar-refractivity contribution in [3.63, 3.8) is 0 Å². The Bertz CT molecular complexity index is 1240. The van der Waals surface area contributed by atoms with Crippen molar-refractivity contribution in [2.24, 2.45) is 0 Å². The van der Waals surface area contributed by atoms with E-state index in [0.29, 0.717) is 19.3 Å². The van der Waals surface area contributed by atoms with Crippen molar-refractivity contribution in [2.45, 2.75) is 245 Å². The van der Waals surface area contributed by atoms with Crippen LogP contribution in [-0.2, 0) is 28.6 Å². The second kappa shape index (κ2) is 51.2. The zero-order valence-corrected chi connectivity index (χ0v) is 41.1. The van der Waals surface area contributed by atoms with Gasteiger partial charge in [-0.25, -0.2) is 0 Å². The van der Waals surface area contributed by atoms with Crippen LogP contribution in [-0.4, -0.2) is 37.2 Å². The third-order valence-electron chi connectivity index (χ3n) is 10.9. The molecule has 0 aromatic carbocycles. The molecule has 360 valence electrons. The lowest BCUT2D eigenvalue weighted by molar-refractivity contribution is -0.167. The Morgan fingerprint density at radius 1 is 0.333 bits per heavy atom. The summed E-state index contributed by atoms with van der Waals surface area (Å²) in [5.41, 5.74) is 0. The van der Waals surface area contributed by atoms with E-state index in [1.54, 1.807) is 0 Å². The molecule has 0 bridgehead atoms. The van der Waals surface area contributed by atoms with Crippen molar-refractivity contribution in [2.75, 3.05) is 13.2 Å². The summed E-state index contributed by atoms with van der Waals surface area (Å²) >= 11 is 0. The number of carbonyl (C=O) groups excluding carboxylic acids is 3. The Morgan fingerprint density at radius 2 is 0.635 bits per heavy atom. The lowest BCUT2D eigenvalue weighted by atomic mass is 10.1. The van der Waals surface area contributed by atoms with Gasteiger partial charge in [0.2, 0.25) is 0 Å². The molecule has 6 heteroatoms. The summed E-state index contributed by atoms with van der Waals surface area (Å²) in [6.45, 7) is 6.43. The van der Waals surface area contributed by atoms with Crippen LogP contribution in [0.1, 0.15) is 239 Å². The molecule has 0 amide bonds. The maximum absolute atomic E-state index is 12.8. The summed E-state index contributed by atoms with van der Waals surface area (Å²) in [7, 11) is 0. The number of hydrogen-bond acceptors (Lipinski definition) is 6. The Balaban J connectivity index is 4.47. The summed E-state index contributed by atoms with van der Waals surface area (Å²) in [5.74, 6) is -0.966. The van der Waals surface area contributed by atoms with Crippen molar-refractivity contribution in [1.29, 1.82) is 0 Å². The molecule has 0 aromatic rings. The molecule has 0 heterocycles. The fourth-order valence-corrected chi connectivity index (χ4v) is 6.98. The summed E-state index contributed by atoms with van der Waals surface area (Å²) in [5, 5.41) is 0. The zero-order valence-electron chi connectivity index (χ0n) is 41.1. The molecule has 0 aliphatic carbocycles. The summed E-state index contributed by atoms with van der Waals surface area (Å²) in [6.07, 6.45) is 65.7. The van der Waals surface area contributed by atoms with Crippen molar-refractivity contribution in [3.8, 4) is 0 Å². The van der Waals surface area contributed by atoms with Gasteiger partial charge in [-0.3, -0.25) is 14.4 Å². The van der Waals surface area contributed by atoms with Gasteiger partial charge in [0.25, 0.3) is 0 Å². The number of carbonyl (C=O) groups is 3. The third-order valence-corrected chi connectivity index (χ3v) is 10.9. The lowest BCUT2D eigenvalue weighted by Gasteiger charge is -2.18. The number of hydrogen-bond donors (Lipinski definition) is 0. The molecule has 0 saturated heterocycles. The first-order valence-corrected chi connectivity index (χ1v) is 26.1. The van der Waals surface area contributed by atoms with Crippen molar-refractivity contribution >= 4 is 17.9 Å². The highest BCUT2D eigenvalue weighted by molar-refractivity contribution is 5.71. The van der Waals surface area contributed by atoms with Crippen LogP contribution in [0, 0.1) is 0 Å². The molecule has 0 spiro atoms. The van der Waals surface area contributed by atoms with E-state index in [-0.39, 0.29) is 37.5 Å². The number of esters is 3. The molecular weight excluding hydrogens is 781 g/mol. The van der Waals surface area contributed by atoms with Gasteiger partial charge in [-0.05, 0) is 89.9 Å². The number of ether oxygens (including phenoxy) is 3. The minimum Gasteiger partial charge on any atom is -0.462 e. The second-order valence-electron chi connectivity index (χ2n) is 17.1. The van der Waals surface area contributed by atoms with E-state index in [9.17, 15) is 14.4 Å². The van der Waals surface area contributed by atoms with Gasteiger partial charge in [-0.15, -0.1) is 0 Å². The molecule has 1 atom stereocenters. The van der Waals surface area contributed by atoms with Gasteiger partial charge in [-0.2, -0.15) is 0 Å². The number of allylic oxidation sites excluding steroid dienone is 14. The first kappa shape index (κ1) is 59.6. The number of unbranched alkanes of at least 4 members (excludes halogenated alkanes) is 21. The molecule has 0 N–H and O–H groups in total. The summed E-state index contributed by atoms with van der Waals surface area (Å²) < 4.78 is 16.7. The average molecular weight is 877 g/mol. The van der Waals surface area contributed by atoms with E-state index < -0.39 is 6.10 Å². The monoisotopic (exact) mass is 877 g/mol. The quantitative estimate of drug-likeness (QED) is 0.0262. The maximum atomic E-state index is 12.8. The van der Waals surface area contributed by atoms with E-state index >= 15 is 0 Å². The van der Waals surface area contributed by atoms with Crippen LogP contribution in [0.15, 0.2) is 85.1 Å². The molecule has 63 heavy (non-hydrogen) atoms. The highest BCUT2D eigenvalue weighted by Gasteiger charge is 2.19. The van der Waals surface area contributed by atoms with Gasteiger partial charge in [0, 0.05) is 19.3 Å². The van der Waals surface area contributed by atoms with Crippen molar-refractivity contribution in [3.05, 3.63) is 85.1 Å². The molecule has 0 unspecified atom stereocenters. The van der Waals surface area contributed by atoms with E-state index in [0.717, 1.165) is 89.9 Å². The smallest absolute Gasteiger partial charge is 0.306 e. The maximum Gasteiger partial charge on any atom is 0.306 e. The van der Waals surface area contributed by atoms with Gasteiger partial charge >= 0.3 is 17.9 Å². The largest absolute Gasteiger partial charge is 0.462 e. The highest BCUT2D eigenvalue weighted by atomic mass is 16.6. The average Bonchev–Trinajstić information content (AvgIpc) is 3.28. The molecule has 0 rings (SSSR count). The highest BCUT2D eigenvalue weighted by Crippen LogP contribution is 2.14. The van der Waals surface area contributed by atoms with E-state index in [2.05, 4.69) is 106 Å². The minimum absolute atomic E-state index is 0.0964. The Hall–Kier alpha value is -3.41. The van der Waals surface area contributed by atoms with Gasteiger partial charge in [-0.1, -0.05) is 215 Å². The first-order chi connectivity index (χ1) is 31.0. The summed E-state index contributed by atoms with van der Waals surface area (Å²) in [4.78, 5) is 37.9. The van der Waals surface area contributed by atoms with Gasteiger partial charge in [0.1, 0.15) is 13.2 Å². The van der Waals surface area contributed by atoms with Gasteiger partial charge in [0.05, 0.1) is 0 Å². The van der Waals surface area contributed by atoms with Gasteiger partial charge in [0.15, 0.2) is 6.10 Å². The molecule has 0 saturated carbocycles. The fraction of sp³-hybridized carbons (Fsp3) is 0.702. The topological polar surface area (TPSA) is 78.9 Å². The fourth-order valence-electron chi connectivity index (χ4n) is 6.98. The molecule has 0 fully saturated rings. The van der Waals surface area contributed by atoms with Crippen LogP contribution >= 0.6 is 0 Å². The molecule has 0 aromatic heterocycles. The molecule has 0 aliphatic heterocycles. The standard InChI is InChI=1S/C57H96O6/c1-4-7-10-13-16-19-22-24-26-28-30-32-35-38-41-44-47-50-56(59)62-53-54(52-61-55(58)49-46-43-40-37-34-21-18-15-12-9-6-3)63-57(60)51-48-45-42-39-36-33-31-29-27-25-23-20-17-14-11-8-5-2/h7,10,16-17,19-20,24-27,30,32,38,41,54H,4-6,8-9,11-15,18,21-23,28-29,31,33-37,39-40,42-53H2,1-3H3/b10-7-,19-16-,20-17-,26-24-,27-25-,32-30-,41-38-/t54-/m0/s1. The van der Waals surface area contributed by atoms with Crippen molar-refractivity contribution < 1.29 is 28.6 Å². The Kier molecular flexibility index (Phi) is 48.5. The van der Waals surface area contributed by atoms with Crippen LogP contribution in [0.25, 0.3) is 0 Å². The minimum atomic E-state index is -0.801. The SMILES string of the molecule is CC/C=C\C/C=C\C/C=C\C/C=C\C/C=C\CCCC(=O)OC[C@H](COC(=O)CCCCCCCCCCCCC)OC(=O)CCCCCCCCC/C=C\C/C=C\CCCCC. The van der Waals surface area contributed by atoms with E-state index in [4.69, 9.17) is 14.2 Å². The molecule has 6 nitrogen and oxygen atoms in total. The lowest BCUT2D eigenvalue weighted by Crippen LogP contribution is -2.30. The van der Waals surface area contributed by atoms with Crippen LogP contribution < -0.4 is 0 Å². The predicted molar refractivity (Wildman–Crippen MR) is 270 cm³/mol. The predicted octanol–water partition coefficient (Wildman–Crippen LogP) is 17.2. The third kappa shape index (κ3) is 49.5. The molecular formula is C57H96O6. The van der Waals surface area contributed by atoms with Crippen LogP contribution in [0.5, 0.6) is 0 Å². The Labute approximate surface area is 388 Å². The summed E-state index contributed by atoms with van der Waals surface area (Å²) in [6, 6.07) is 0. The second-order valence-corrected chi connectivity index (χ2v) is 17.1. The number of rotatable bonds is 46. The Morgan fingerprint density at radius 3 is 1.06 bits per heavy atom. The van der Waals surface area contributed by atoms with E-state index in [1.807, 2.05) is 0 Å². The van der Waals surface area contributed by atoms with Crippen LogP contribution in [0.2, 0.25) is 0 Å². The molecule has 0 radical (unpaired) electrons. The normalized spacial score (nSPS) is 12.7.